The molecule has 0 saturated heterocycles. The lowest BCUT2D eigenvalue weighted by molar-refractivity contribution is -0.129. The Hall–Kier alpha value is -3.90. The van der Waals surface area contributed by atoms with Gasteiger partial charge in [0.05, 0.1) is 23.4 Å². The Morgan fingerprint density at radius 3 is 1.76 bits per heavy atom. The molecule has 2 unspecified atom stereocenters. The number of ketones is 1. The van der Waals surface area contributed by atoms with Gasteiger partial charge in [-0.05, 0) is 65.5 Å². The molecule has 0 aliphatic heterocycles. The average molecular weight is 566 g/mol. The van der Waals surface area contributed by atoms with Crippen LogP contribution in [0.4, 0.5) is 0 Å². The van der Waals surface area contributed by atoms with Crippen LogP contribution >= 0.6 is 0 Å². The maximum absolute atomic E-state index is 13.2. The normalized spacial score (nSPS) is 14.3. The van der Waals surface area contributed by atoms with Crippen molar-refractivity contribution in [2.75, 3.05) is 0 Å². The van der Waals surface area contributed by atoms with Crippen molar-refractivity contribution in [1.82, 2.24) is 26.0 Å². The third-order valence-electron chi connectivity index (χ3n) is 5.62. The van der Waals surface area contributed by atoms with Gasteiger partial charge in [-0.3, -0.25) is 19.3 Å². The molecule has 11 nitrogen and oxygen atoms in total. The first-order valence-corrected chi connectivity index (χ1v) is 13.3. The van der Waals surface area contributed by atoms with Crippen LogP contribution in [0.1, 0.15) is 63.2 Å². The fourth-order valence-electron chi connectivity index (χ4n) is 3.61. The molecule has 11 heteroatoms. The molecular formula is C30H39N5O6. The smallest absolute Gasteiger partial charge is 0.317 e. The Labute approximate surface area is 240 Å². The van der Waals surface area contributed by atoms with Gasteiger partial charge in [0, 0.05) is 0 Å². The highest BCUT2D eigenvalue weighted by Gasteiger charge is 2.30. The molecule has 0 spiro atoms. The van der Waals surface area contributed by atoms with Crippen LogP contribution < -0.4 is 11.0 Å². The SMILES string of the molecule is CC(C)(C)ONC(Cc1ccccc1)C(=O)C(=O)n1cc(C(O)=C(O)C(Cc2ccccc2)NOC(C)(C)C)nn1. The third kappa shape index (κ3) is 9.90. The van der Waals surface area contributed by atoms with E-state index in [2.05, 4.69) is 21.3 Å². The van der Waals surface area contributed by atoms with E-state index in [1.54, 1.807) is 0 Å². The van der Waals surface area contributed by atoms with E-state index in [-0.39, 0.29) is 18.5 Å². The van der Waals surface area contributed by atoms with E-state index in [1.165, 1.54) is 0 Å². The minimum Gasteiger partial charge on any atom is -0.507 e. The highest BCUT2D eigenvalue weighted by atomic mass is 16.7. The van der Waals surface area contributed by atoms with Crippen LogP contribution in [0.2, 0.25) is 0 Å². The number of Topliss-reactive ketones (excluding diaryl/α,β-unsaturated/α-hetero) is 1. The summed E-state index contributed by atoms with van der Waals surface area (Å²) in [6, 6.07) is 16.7. The topological polar surface area (TPSA) is 148 Å². The van der Waals surface area contributed by atoms with Crippen LogP contribution in [-0.2, 0) is 27.3 Å². The highest BCUT2D eigenvalue weighted by Crippen LogP contribution is 2.19. The number of aliphatic hydroxyl groups excluding tert-OH is 2. The number of rotatable bonds is 12. The number of aliphatic hydroxyl groups is 2. The van der Waals surface area contributed by atoms with E-state index < -0.39 is 46.5 Å². The minimum absolute atomic E-state index is 0.190. The molecule has 0 saturated carbocycles. The van der Waals surface area contributed by atoms with Crippen LogP contribution in [0.25, 0.3) is 5.76 Å². The van der Waals surface area contributed by atoms with Crippen molar-refractivity contribution >= 4 is 17.4 Å². The van der Waals surface area contributed by atoms with Gasteiger partial charge in [0.2, 0.25) is 5.78 Å². The van der Waals surface area contributed by atoms with Gasteiger partial charge in [0.25, 0.3) is 0 Å². The van der Waals surface area contributed by atoms with Crippen LogP contribution in [-0.4, -0.2) is 60.2 Å². The van der Waals surface area contributed by atoms with E-state index in [9.17, 15) is 19.8 Å². The zero-order valence-electron chi connectivity index (χ0n) is 24.3. The van der Waals surface area contributed by atoms with E-state index in [1.807, 2.05) is 102 Å². The van der Waals surface area contributed by atoms with E-state index in [0.29, 0.717) is 0 Å². The van der Waals surface area contributed by atoms with Crippen molar-refractivity contribution < 1.29 is 29.5 Å². The standard InChI is InChI=1S/C30H39N5O6/c1-29(2,3)40-32-22(17-20-13-9-7-10-14-20)25(36)26(37)24-19-35(34-31-24)28(39)27(38)23(33-41-30(4,5)6)18-21-15-11-8-12-16-21/h7-16,19,22-23,32-33,36-37H,17-18H2,1-6H3. The molecule has 0 fully saturated rings. The molecule has 2 aromatic carbocycles. The van der Waals surface area contributed by atoms with Crippen molar-refractivity contribution in [3.63, 3.8) is 0 Å². The maximum Gasteiger partial charge on any atom is 0.317 e. The summed E-state index contributed by atoms with van der Waals surface area (Å²) >= 11 is 0. The summed E-state index contributed by atoms with van der Waals surface area (Å²) in [5, 5.41) is 29.4. The van der Waals surface area contributed by atoms with E-state index >= 15 is 0 Å². The minimum atomic E-state index is -1.01. The second kappa shape index (κ2) is 13.6. The average Bonchev–Trinajstić information content (AvgIpc) is 3.42. The van der Waals surface area contributed by atoms with Gasteiger partial charge in [0.15, 0.2) is 17.2 Å². The number of hydroxylamine groups is 2. The molecule has 1 aromatic heterocycles. The molecule has 3 aromatic rings. The van der Waals surface area contributed by atoms with E-state index in [0.717, 1.165) is 22.0 Å². The number of nitrogens with one attached hydrogen (secondary N) is 2. The Morgan fingerprint density at radius 1 is 0.805 bits per heavy atom. The molecule has 3 rings (SSSR count). The van der Waals surface area contributed by atoms with Gasteiger partial charge in [-0.2, -0.15) is 15.6 Å². The zero-order chi connectivity index (χ0) is 30.2. The molecule has 1 heterocycles. The van der Waals surface area contributed by atoms with Crippen LogP contribution in [0, 0.1) is 0 Å². The van der Waals surface area contributed by atoms with Crippen molar-refractivity contribution in [3.8, 4) is 0 Å². The number of nitrogens with zero attached hydrogens (tertiary/aromatic N) is 3. The van der Waals surface area contributed by atoms with Crippen LogP contribution in [0.5, 0.6) is 0 Å². The quantitative estimate of drug-likeness (QED) is 0.143. The molecule has 0 bridgehead atoms. The monoisotopic (exact) mass is 565 g/mol. The van der Waals surface area contributed by atoms with Gasteiger partial charge >= 0.3 is 5.91 Å². The van der Waals surface area contributed by atoms with Gasteiger partial charge in [-0.15, -0.1) is 5.10 Å². The van der Waals surface area contributed by atoms with Crippen molar-refractivity contribution in [2.24, 2.45) is 0 Å². The predicted octanol–water partition coefficient (Wildman–Crippen LogP) is 4.13. The largest absolute Gasteiger partial charge is 0.507 e. The summed E-state index contributed by atoms with van der Waals surface area (Å²) < 4.78 is 0.725. The molecule has 0 aliphatic rings. The summed E-state index contributed by atoms with van der Waals surface area (Å²) in [4.78, 5) is 37.6. The highest BCUT2D eigenvalue weighted by molar-refractivity contribution is 6.38. The second-order valence-electron chi connectivity index (χ2n) is 11.6. The summed E-state index contributed by atoms with van der Waals surface area (Å²) in [6.07, 6.45) is 1.55. The molecule has 220 valence electrons. The number of carbonyl (C=O) groups excluding carboxylic acids is 2. The number of hydrogen-bond donors (Lipinski definition) is 4. The number of aromatic nitrogens is 3. The lowest BCUT2D eigenvalue weighted by Gasteiger charge is -2.25. The fraction of sp³-hybridized carbons (Fsp3) is 0.400. The number of carbonyl (C=O) groups is 2. The van der Waals surface area contributed by atoms with E-state index in [4.69, 9.17) is 9.68 Å². The van der Waals surface area contributed by atoms with Crippen molar-refractivity contribution in [3.05, 3.63) is 89.4 Å². The lowest BCUT2D eigenvalue weighted by Crippen LogP contribution is -2.46. The molecule has 41 heavy (non-hydrogen) atoms. The molecule has 2 atom stereocenters. The first kappa shape index (κ1) is 31.6. The Balaban J connectivity index is 1.83. The second-order valence-corrected chi connectivity index (χ2v) is 11.6. The Bertz CT molecular complexity index is 1330. The summed E-state index contributed by atoms with van der Waals surface area (Å²) in [5.41, 5.74) is 5.82. The molecule has 0 amide bonds. The Morgan fingerprint density at radius 2 is 1.27 bits per heavy atom. The Kier molecular flexibility index (Phi) is 10.5. The van der Waals surface area contributed by atoms with Crippen molar-refractivity contribution in [2.45, 2.75) is 77.7 Å². The van der Waals surface area contributed by atoms with Gasteiger partial charge in [-0.1, -0.05) is 65.9 Å². The number of hydrogen-bond acceptors (Lipinski definition) is 10. The first-order valence-electron chi connectivity index (χ1n) is 13.3. The van der Waals surface area contributed by atoms with Crippen LogP contribution in [0.3, 0.4) is 0 Å². The lowest BCUT2D eigenvalue weighted by atomic mass is 10.0. The zero-order valence-corrected chi connectivity index (χ0v) is 24.3. The van der Waals surface area contributed by atoms with Gasteiger partial charge in [-0.25, -0.2) is 0 Å². The molecule has 0 radical (unpaired) electrons. The van der Waals surface area contributed by atoms with Crippen LogP contribution in [0.15, 0.2) is 72.6 Å². The molecule has 4 N–H and O–H groups in total. The predicted molar refractivity (Wildman–Crippen MR) is 154 cm³/mol. The summed E-state index contributed by atoms with van der Waals surface area (Å²) in [5.74, 6) is -2.88. The van der Waals surface area contributed by atoms with Gasteiger partial charge < -0.3 is 10.2 Å². The first-order chi connectivity index (χ1) is 19.2. The molecule has 0 aliphatic carbocycles. The third-order valence-corrected chi connectivity index (χ3v) is 5.62. The fourth-order valence-corrected chi connectivity index (χ4v) is 3.61. The summed E-state index contributed by atoms with van der Waals surface area (Å²) in [6.45, 7) is 10.9. The number of benzene rings is 2. The van der Waals surface area contributed by atoms with Crippen molar-refractivity contribution in [1.29, 1.82) is 0 Å². The maximum atomic E-state index is 13.2. The molecular weight excluding hydrogens is 526 g/mol. The van der Waals surface area contributed by atoms with Gasteiger partial charge in [0.1, 0.15) is 6.04 Å². The summed E-state index contributed by atoms with van der Waals surface area (Å²) in [7, 11) is 0.